The third-order valence-corrected chi connectivity index (χ3v) is 6.63. The van der Waals surface area contributed by atoms with Crippen LogP contribution in [0, 0.1) is 0 Å². The van der Waals surface area contributed by atoms with Gasteiger partial charge in [0.1, 0.15) is 0 Å². The Morgan fingerprint density at radius 3 is 2.50 bits per heavy atom. The van der Waals surface area contributed by atoms with Crippen molar-refractivity contribution in [3.05, 3.63) is 96.7 Å². The number of ether oxygens (including phenoxy) is 3. The zero-order valence-corrected chi connectivity index (χ0v) is 22.4. The zero-order chi connectivity index (χ0) is 27.2. The molecule has 3 aromatic rings. The zero-order valence-electron chi connectivity index (χ0n) is 21.6. The highest BCUT2D eigenvalue weighted by Gasteiger charge is 2.30. The van der Waals surface area contributed by atoms with Crippen LogP contribution in [0.1, 0.15) is 44.9 Å². The van der Waals surface area contributed by atoms with Crippen LogP contribution in [0.25, 0.3) is 12.2 Å². The molecular formula is C29H28N2O6S. The van der Waals surface area contributed by atoms with Crippen molar-refractivity contribution in [1.29, 1.82) is 0 Å². The van der Waals surface area contributed by atoms with Gasteiger partial charge in [0.25, 0.3) is 5.56 Å². The molecule has 0 bridgehead atoms. The van der Waals surface area contributed by atoms with Gasteiger partial charge in [-0.1, -0.05) is 59.9 Å². The van der Waals surface area contributed by atoms with Gasteiger partial charge in [0.2, 0.25) is 0 Å². The van der Waals surface area contributed by atoms with E-state index >= 15 is 0 Å². The first-order valence-corrected chi connectivity index (χ1v) is 13.0. The SMILES string of the molecule is CCOC(=O)C1=C(C)N=c2sc(=Cc3ccc(OC(C)=O)c(OCC)c3)c(=O)n2C1/C=C/c1ccccc1. The van der Waals surface area contributed by atoms with Gasteiger partial charge in [-0.25, -0.2) is 9.79 Å². The molecule has 0 radical (unpaired) electrons. The summed E-state index contributed by atoms with van der Waals surface area (Å²) in [6, 6.07) is 14.0. The number of aromatic nitrogens is 1. The van der Waals surface area contributed by atoms with Gasteiger partial charge in [-0.3, -0.25) is 14.2 Å². The molecule has 1 aliphatic rings. The van der Waals surface area contributed by atoms with Gasteiger partial charge >= 0.3 is 11.9 Å². The molecule has 9 heteroatoms. The molecule has 0 saturated carbocycles. The largest absolute Gasteiger partial charge is 0.490 e. The van der Waals surface area contributed by atoms with E-state index in [1.807, 2.05) is 49.4 Å². The molecule has 1 aliphatic heterocycles. The standard InChI is InChI=1S/C29H28N2O6S/c1-5-35-24-16-21(13-15-23(24)37-19(4)32)17-25-27(33)31-22(14-12-20-10-8-7-9-11-20)26(28(34)36-6-2)18(3)30-29(31)38-25/h7-17,22H,5-6H2,1-4H3/b14-12+,25-17?. The predicted octanol–water partition coefficient (Wildman–Crippen LogP) is 3.79. The fourth-order valence-electron chi connectivity index (χ4n) is 4.06. The number of carbonyl (C=O) groups excluding carboxylic acids is 2. The Kier molecular flexibility index (Phi) is 8.38. The maximum atomic E-state index is 13.7. The summed E-state index contributed by atoms with van der Waals surface area (Å²) >= 11 is 1.23. The Balaban J connectivity index is 1.83. The number of hydrogen-bond acceptors (Lipinski definition) is 8. The number of nitrogens with zero attached hydrogens (tertiary/aromatic N) is 2. The van der Waals surface area contributed by atoms with Crippen molar-refractivity contribution in [1.82, 2.24) is 4.57 Å². The highest BCUT2D eigenvalue weighted by molar-refractivity contribution is 7.07. The summed E-state index contributed by atoms with van der Waals surface area (Å²) in [6.45, 7) is 7.22. The van der Waals surface area contributed by atoms with Crippen LogP contribution in [0.5, 0.6) is 11.5 Å². The first kappa shape index (κ1) is 26.8. The average Bonchev–Trinajstić information content (AvgIpc) is 3.18. The fraction of sp³-hybridized carbons (Fsp3) is 0.241. The van der Waals surface area contributed by atoms with Crippen molar-refractivity contribution >= 4 is 35.4 Å². The number of allylic oxidation sites excluding steroid dienone is 2. The Labute approximate surface area is 223 Å². The quantitative estimate of drug-likeness (QED) is 0.324. The lowest BCUT2D eigenvalue weighted by atomic mass is 10.0. The van der Waals surface area contributed by atoms with Gasteiger partial charge in [0.15, 0.2) is 16.3 Å². The lowest BCUT2D eigenvalue weighted by Crippen LogP contribution is -2.38. The maximum absolute atomic E-state index is 13.7. The molecule has 1 unspecified atom stereocenters. The van der Waals surface area contributed by atoms with Crippen molar-refractivity contribution in [2.45, 2.75) is 33.7 Å². The number of hydrogen-bond donors (Lipinski definition) is 0. The van der Waals surface area contributed by atoms with E-state index in [9.17, 15) is 14.4 Å². The molecule has 0 spiro atoms. The van der Waals surface area contributed by atoms with Crippen molar-refractivity contribution in [3.63, 3.8) is 0 Å². The van der Waals surface area contributed by atoms with E-state index in [2.05, 4.69) is 4.99 Å². The number of carbonyl (C=O) groups is 2. The summed E-state index contributed by atoms with van der Waals surface area (Å²) in [5.74, 6) is -0.261. The van der Waals surface area contributed by atoms with Crippen LogP contribution in [0.4, 0.5) is 0 Å². The van der Waals surface area contributed by atoms with Crippen molar-refractivity contribution in [3.8, 4) is 11.5 Å². The summed E-state index contributed by atoms with van der Waals surface area (Å²) in [6.07, 6.45) is 5.43. The molecule has 38 heavy (non-hydrogen) atoms. The summed E-state index contributed by atoms with van der Waals surface area (Å²) in [5.41, 5.74) is 2.16. The van der Waals surface area contributed by atoms with Crippen LogP contribution in [-0.4, -0.2) is 29.7 Å². The second-order valence-corrected chi connectivity index (χ2v) is 9.36. The van der Waals surface area contributed by atoms with Gasteiger partial charge < -0.3 is 14.2 Å². The van der Waals surface area contributed by atoms with Gasteiger partial charge in [0.05, 0.1) is 35.1 Å². The molecule has 196 valence electrons. The molecule has 0 N–H and O–H groups in total. The monoisotopic (exact) mass is 532 g/mol. The highest BCUT2D eigenvalue weighted by atomic mass is 32.1. The van der Waals surface area contributed by atoms with E-state index in [0.29, 0.717) is 44.3 Å². The van der Waals surface area contributed by atoms with Crippen molar-refractivity contribution < 1.29 is 23.8 Å². The third kappa shape index (κ3) is 5.84. The van der Waals surface area contributed by atoms with Crippen LogP contribution >= 0.6 is 11.3 Å². The Hall–Kier alpha value is -4.24. The van der Waals surface area contributed by atoms with E-state index in [1.165, 1.54) is 22.8 Å². The second-order valence-electron chi connectivity index (χ2n) is 8.35. The molecule has 4 rings (SSSR count). The van der Waals surface area contributed by atoms with Crippen molar-refractivity contribution in [2.75, 3.05) is 13.2 Å². The summed E-state index contributed by atoms with van der Waals surface area (Å²) in [5, 5.41) is 0. The molecule has 8 nitrogen and oxygen atoms in total. The minimum absolute atomic E-state index is 0.209. The van der Waals surface area contributed by atoms with Crippen LogP contribution in [0.15, 0.2) is 75.7 Å². The number of rotatable bonds is 8. The van der Waals surface area contributed by atoms with Gasteiger partial charge in [-0.15, -0.1) is 0 Å². The Morgan fingerprint density at radius 1 is 1.05 bits per heavy atom. The summed E-state index contributed by atoms with van der Waals surface area (Å²) in [4.78, 5) is 43.1. The Bertz CT molecular complexity index is 1600. The van der Waals surface area contributed by atoms with E-state index in [0.717, 1.165) is 5.56 Å². The number of esters is 2. The molecule has 0 amide bonds. The van der Waals surface area contributed by atoms with Gasteiger partial charge in [-0.2, -0.15) is 0 Å². The summed E-state index contributed by atoms with van der Waals surface area (Å²) in [7, 11) is 0. The van der Waals surface area contributed by atoms with E-state index < -0.39 is 18.0 Å². The summed E-state index contributed by atoms with van der Waals surface area (Å²) < 4.78 is 18.1. The first-order valence-electron chi connectivity index (χ1n) is 12.2. The van der Waals surface area contributed by atoms with E-state index in [-0.39, 0.29) is 12.2 Å². The lowest BCUT2D eigenvalue weighted by molar-refractivity contribution is -0.139. The Morgan fingerprint density at radius 2 is 1.82 bits per heavy atom. The highest BCUT2D eigenvalue weighted by Crippen LogP contribution is 2.29. The molecular weight excluding hydrogens is 504 g/mol. The molecule has 0 saturated heterocycles. The van der Waals surface area contributed by atoms with Crippen molar-refractivity contribution in [2.24, 2.45) is 4.99 Å². The van der Waals surface area contributed by atoms with Crippen LogP contribution in [0.3, 0.4) is 0 Å². The maximum Gasteiger partial charge on any atom is 0.338 e. The lowest BCUT2D eigenvalue weighted by Gasteiger charge is -2.21. The van der Waals surface area contributed by atoms with Gasteiger partial charge in [0, 0.05) is 6.92 Å². The first-order chi connectivity index (χ1) is 18.3. The minimum Gasteiger partial charge on any atom is -0.490 e. The molecule has 2 aromatic carbocycles. The van der Waals surface area contributed by atoms with E-state index in [4.69, 9.17) is 14.2 Å². The van der Waals surface area contributed by atoms with E-state index in [1.54, 1.807) is 38.1 Å². The molecule has 1 atom stereocenters. The predicted molar refractivity (Wildman–Crippen MR) is 146 cm³/mol. The minimum atomic E-state index is -0.682. The normalized spacial score (nSPS) is 15.3. The number of fused-ring (bicyclic) bond motifs is 1. The third-order valence-electron chi connectivity index (χ3n) is 5.65. The topological polar surface area (TPSA) is 96.2 Å². The number of benzene rings is 2. The molecule has 2 heterocycles. The smallest absolute Gasteiger partial charge is 0.338 e. The average molecular weight is 533 g/mol. The molecule has 0 aliphatic carbocycles. The fourth-order valence-corrected chi connectivity index (χ4v) is 5.11. The second kappa shape index (κ2) is 11.9. The molecule has 1 aromatic heterocycles. The van der Waals surface area contributed by atoms with Crippen LogP contribution in [-0.2, 0) is 14.3 Å². The van der Waals surface area contributed by atoms with Crippen LogP contribution in [0.2, 0.25) is 0 Å². The van der Waals surface area contributed by atoms with Gasteiger partial charge in [-0.05, 0) is 50.1 Å². The van der Waals surface area contributed by atoms with Crippen LogP contribution < -0.4 is 24.4 Å². The number of thiazole rings is 1. The molecule has 0 fully saturated rings.